The molecule has 0 radical (unpaired) electrons. The molecule has 1 aliphatic rings. The quantitative estimate of drug-likeness (QED) is 0.434. The molecule has 2 atom stereocenters. The molecule has 0 saturated carbocycles. The van der Waals surface area contributed by atoms with Gasteiger partial charge in [-0.3, -0.25) is 4.79 Å². The minimum Gasteiger partial charge on any atom is -0.445 e. The lowest BCUT2D eigenvalue weighted by atomic mass is 10.2. The number of amides is 1. The first-order chi connectivity index (χ1) is 8.08. The Morgan fingerprint density at radius 3 is 2.88 bits per heavy atom. The Morgan fingerprint density at radius 2 is 2.35 bits per heavy atom. The highest BCUT2D eigenvalue weighted by atomic mass is 127. The summed E-state index contributed by atoms with van der Waals surface area (Å²) in [5, 5.41) is 0.298. The maximum absolute atomic E-state index is 11.8. The van der Waals surface area contributed by atoms with Gasteiger partial charge in [0, 0.05) is 29.2 Å². The lowest BCUT2D eigenvalue weighted by Gasteiger charge is -2.21. The van der Waals surface area contributed by atoms with E-state index in [4.69, 9.17) is 4.74 Å². The van der Waals surface area contributed by atoms with Gasteiger partial charge in [-0.15, -0.1) is 0 Å². The van der Waals surface area contributed by atoms with E-state index < -0.39 is 0 Å². The number of rotatable bonds is 4. The predicted octanol–water partition coefficient (Wildman–Crippen LogP) is 2.47. The summed E-state index contributed by atoms with van der Waals surface area (Å²) in [4.78, 5) is 24.5. The van der Waals surface area contributed by atoms with Crippen LogP contribution in [-0.2, 0) is 9.53 Å². The van der Waals surface area contributed by atoms with Crippen LogP contribution in [0.1, 0.15) is 13.3 Å². The highest BCUT2D eigenvalue weighted by molar-refractivity contribution is 14.1. The standard InChI is InChI=1S/C11H16INO3S/c1-3-4-16-11(15)13-7-10(17-8(2)14)5-9(13)6-12/h3,9-10H,1,4-7H2,2H3/t9-,10-/m0/s1. The number of hydrogen-bond acceptors (Lipinski definition) is 4. The topological polar surface area (TPSA) is 46.6 Å². The summed E-state index contributed by atoms with van der Waals surface area (Å²) < 4.78 is 5.89. The van der Waals surface area contributed by atoms with Crippen LogP contribution in [0.5, 0.6) is 0 Å². The molecule has 1 fully saturated rings. The molecule has 0 aliphatic carbocycles. The Kier molecular flexibility index (Phi) is 6.32. The van der Waals surface area contributed by atoms with E-state index in [9.17, 15) is 9.59 Å². The van der Waals surface area contributed by atoms with Gasteiger partial charge < -0.3 is 9.64 Å². The third kappa shape index (κ3) is 4.50. The molecule has 1 aliphatic heterocycles. The number of halogens is 1. The fraction of sp³-hybridized carbons (Fsp3) is 0.636. The molecule has 0 N–H and O–H groups in total. The van der Waals surface area contributed by atoms with Crippen molar-refractivity contribution in [2.75, 3.05) is 17.6 Å². The number of hydrogen-bond donors (Lipinski definition) is 0. The summed E-state index contributed by atoms with van der Waals surface area (Å²) in [5.41, 5.74) is 0. The van der Waals surface area contributed by atoms with Crippen LogP contribution < -0.4 is 0 Å². The molecule has 0 aromatic carbocycles. The summed E-state index contributed by atoms with van der Waals surface area (Å²) in [7, 11) is 0. The third-order valence-electron chi connectivity index (χ3n) is 2.45. The maximum Gasteiger partial charge on any atom is 0.410 e. The molecule has 1 rings (SSSR count). The van der Waals surface area contributed by atoms with Crippen molar-refractivity contribution in [3.05, 3.63) is 12.7 Å². The van der Waals surface area contributed by atoms with Crippen LogP contribution in [0.25, 0.3) is 0 Å². The largest absolute Gasteiger partial charge is 0.445 e. The molecule has 0 unspecified atom stereocenters. The molecule has 0 aromatic rings. The zero-order chi connectivity index (χ0) is 12.8. The fourth-order valence-electron chi connectivity index (χ4n) is 1.78. The summed E-state index contributed by atoms with van der Waals surface area (Å²) in [5.74, 6) is 0. The monoisotopic (exact) mass is 369 g/mol. The molecule has 0 spiro atoms. The Morgan fingerprint density at radius 1 is 1.65 bits per heavy atom. The van der Waals surface area contributed by atoms with Crippen molar-refractivity contribution < 1.29 is 14.3 Å². The SMILES string of the molecule is C=CCOC(=O)N1C[C@@H](SC(C)=O)C[C@H]1CI. The number of carbonyl (C=O) groups is 2. The van der Waals surface area contributed by atoms with Gasteiger partial charge in [0.15, 0.2) is 5.12 Å². The molecule has 4 nitrogen and oxygen atoms in total. The highest BCUT2D eigenvalue weighted by Gasteiger charge is 2.36. The van der Waals surface area contributed by atoms with E-state index in [1.807, 2.05) is 0 Å². The van der Waals surface area contributed by atoms with Crippen LogP contribution in [0.4, 0.5) is 4.79 Å². The van der Waals surface area contributed by atoms with Crippen LogP contribution in [-0.4, -0.2) is 45.0 Å². The van der Waals surface area contributed by atoms with Crippen molar-refractivity contribution in [3.8, 4) is 0 Å². The van der Waals surface area contributed by atoms with Gasteiger partial charge in [-0.25, -0.2) is 4.79 Å². The molecule has 1 saturated heterocycles. The van der Waals surface area contributed by atoms with Gasteiger partial charge in [-0.1, -0.05) is 47.0 Å². The van der Waals surface area contributed by atoms with E-state index in [-0.39, 0.29) is 29.1 Å². The van der Waals surface area contributed by atoms with Crippen LogP contribution in [0.2, 0.25) is 0 Å². The van der Waals surface area contributed by atoms with Crippen LogP contribution >= 0.6 is 34.4 Å². The summed E-state index contributed by atoms with van der Waals surface area (Å²) in [6.07, 6.45) is 2.10. The summed E-state index contributed by atoms with van der Waals surface area (Å²) in [6.45, 7) is 5.89. The fourth-order valence-corrected chi connectivity index (χ4v) is 3.63. The van der Waals surface area contributed by atoms with Gasteiger partial charge in [-0.2, -0.15) is 0 Å². The van der Waals surface area contributed by atoms with Crippen LogP contribution in [0.15, 0.2) is 12.7 Å². The smallest absolute Gasteiger partial charge is 0.410 e. The average Bonchev–Trinajstić information content (AvgIpc) is 2.68. The Balaban J connectivity index is 2.55. The highest BCUT2D eigenvalue weighted by Crippen LogP contribution is 2.29. The van der Waals surface area contributed by atoms with Crippen molar-refractivity contribution >= 4 is 45.6 Å². The van der Waals surface area contributed by atoms with Crippen molar-refractivity contribution in [1.82, 2.24) is 4.90 Å². The zero-order valence-electron chi connectivity index (χ0n) is 9.73. The molecule has 1 amide bonds. The molecule has 6 heteroatoms. The first-order valence-electron chi connectivity index (χ1n) is 5.36. The minimum atomic E-state index is -0.307. The summed E-state index contributed by atoms with van der Waals surface area (Å²) >= 11 is 3.57. The van der Waals surface area contributed by atoms with Gasteiger partial charge in [-0.05, 0) is 6.42 Å². The summed E-state index contributed by atoms with van der Waals surface area (Å²) in [6, 6.07) is 0.171. The number of nitrogens with zero attached hydrogens (tertiary/aromatic N) is 1. The van der Waals surface area contributed by atoms with Gasteiger partial charge in [0.1, 0.15) is 6.61 Å². The van der Waals surface area contributed by atoms with Crippen molar-refractivity contribution in [3.63, 3.8) is 0 Å². The van der Waals surface area contributed by atoms with Gasteiger partial charge in [0.2, 0.25) is 0 Å². The third-order valence-corrected chi connectivity index (χ3v) is 4.47. The molecular weight excluding hydrogens is 353 g/mol. The van der Waals surface area contributed by atoms with E-state index in [1.54, 1.807) is 17.9 Å². The van der Waals surface area contributed by atoms with E-state index >= 15 is 0 Å². The number of alkyl halides is 1. The second-order valence-electron chi connectivity index (χ2n) is 3.79. The average molecular weight is 369 g/mol. The molecule has 17 heavy (non-hydrogen) atoms. The molecular formula is C11H16INO3S. The lowest BCUT2D eigenvalue weighted by Crippen LogP contribution is -2.37. The first kappa shape index (κ1) is 14.8. The first-order valence-corrected chi connectivity index (χ1v) is 7.76. The van der Waals surface area contributed by atoms with E-state index in [0.29, 0.717) is 6.54 Å². The number of thioether (sulfide) groups is 1. The van der Waals surface area contributed by atoms with E-state index in [1.165, 1.54) is 11.8 Å². The van der Waals surface area contributed by atoms with Crippen LogP contribution in [0.3, 0.4) is 0 Å². The number of likely N-dealkylation sites (tertiary alicyclic amines) is 1. The Bertz CT molecular complexity index is 311. The minimum absolute atomic E-state index is 0.100. The second kappa shape index (κ2) is 7.25. The number of carbonyl (C=O) groups excluding carboxylic acids is 2. The molecule has 96 valence electrons. The van der Waals surface area contributed by atoms with Gasteiger partial charge >= 0.3 is 6.09 Å². The number of ether oxygens (including phenoxy) is 1. The van der Waals surface area contributed by atoms with Crippen molar-refractivity contribution in [1.29, 1.82) is 0 Å². The van der Waals surface area contributed by atoms with E-state index in [2.05, 4.69) is 29.2 Å². The predicted molar refractivity (Wildman–Crippen MR) is 77.6 cm³/mol. The normalized spacial score (nSPS) is 23.5. The van der Waals surface area contributed by atoms with Crippen molar-refractivity contribution in [2.24, 2.45) is 0 Å². The van der Waals surface area contributed by atoms with E-state index in [0.717, 1.165) is 10.8 Å². The lowest BCUT2D eigenvalue weighted by molar-refractivity contribution is -0.109. The molecule has 0 bridgehead atoms. The van der Waals surface area contributed by atoms with Crippen LogP contribution in [0, 0.1) is 0 Å². The maximum atomic E-state index is 11.8. The Hall–Kier alpha value is -0.240. The van der Waals surface area contributed by atoms with Crippen molar-refractivity contribution in [2.45, 2.75) is 24.6 Å². The second-order valence-corrected chi connectivity index (χ2v) is 6.15. The van der Waals surface area contributed by atoms with Gasteiger partial charge in [0.25, 0.3) is 0 Å². The molecule has 1 heterocycles. The zero-order valence-corrected chi connectivity index (χ0v) is 12.7. The molecule has 0 aromatic heterocycles. The van der Waals surface area contributed by atoms with Gasteiger partial charge in [0.05, 0.1) is 0 Å². The Labute approximate surface area is 119 Å².